The van der Waals surface area contributed by atoms with E-state index in [1.807, 2.05) is 66.7 Å². The molecule has 0 radical (unpaired) electrons. The monoisotopic (exact) mass is 562 g/mol. The van der Waals surface area contributed by atoms with Gasteiger partial charge in [0.2, 0.25) is 5.89 Å². The van der Waals surface area contributed by atoms with E-state index in [-0.39, 0.29) is 6.42 Å². The van der Waals surface area contributed by atoms with Crippen molar-refractivity contribution in [2.45, 2.75) is 32.3 Å². The van der Waals surface area contributed by atoms with Gasteiger partial charge in [-0.1, -0.05) is 54.1 Å². The van der Waals surface area contributed by atoms with Crippen molar-refractivity contribution < 1.29 is 9.52 Å². The first kappa shape index (κ1) is 26.6. The van der Waals surface area contributed by atoms with Gasteiger partial charge in [0.15, 0.2) is 0 Å². The number of aliphatic hydroxyl groups is 1. The first-order valence-corrected chi connectivity index (χ1v) is 13.5. The summed E-state index contributed by atoms with van der Waals surface area (Å²) in [5.74, 6) is 1.39. The lowest BCUT2D eigenvalue weighted by Crippen LogP contribution is -2.18. The van der Waals surface area contributed by atoms with Crippen molar-refractivity contribution in [2.75, 3.05) is 5.73 Å². The van der Waals surface area contributed by atoms with Crippen LogP contribution in [0.4, 0.5) is 5.82 Å². The Morgan fingerprint density at radius 1 is 0.854 bits per heavy atom. The number of fused-ring (bicyclic) bond motifs is 1. The summed E-state index contributed by atoms with van der Waals surface area (Å²) < 4.78 is 6.04. The van der Waals surface area contributed by atoms with Crippen LogP contribution in [0.1, 0.15) is 42.6 Å². The summed E-state index contributed by atoms with van der Waals surface area (Å²) in [5, 5.41) is 11.7. The summed E-state index contributed by atoms with van der Waals surface area (Å²) in [4.78, 5) is 23.2. The van der Waals surface area contributed by atoms with Crippen molar-refractivity contribution in [3.8, 4) is 22.5 Å². The molecule has 0 aliphatic heterocycles. The highest BCUT2D eigenvalue weighted by Gasteiger charge is 2.20. The lowest BCUT2D eigenvalue weighted by Gasteiger charge is -2.16. The fourth-order valence-electron chi connectivity index (χ4n) is 4.65. The van der Waals surface area contributed by atoms with Crippen molar-refractivity contribution in [3.63, 3.8) is 0 Å². The Morgan fingerprint density at radius 3 is 2.46 bits per heavy atom. The quantitative estimate of drug-likeness (QED) is 0.229. The molecule has 8 nitrogen and oxygen atoms in total. The van der Waals surface area contributed by atoms with Crippen LogP contribution in [-0.2, 0) is 18.4 Å². The number of oxazole rings is 1. The number of pyridine rings is 2. The molecular formula is C32H27ClN6O2. The second-order valence-electron chi connectivity index (χ2n) is 10.3. The van der Waals surface area contributed by atoms with Gasteiger partial charge in [0.05, 0.1) is 45.9 Å². The number of nitrogens with two attached hydrogens (primary N) is 1. The van der Waals surface area contributed by atoms with Gasteiger partial charge in [0.25, 0.3) is 0 Å². The number of benzene rings is 2. The highest BCUT2D eigenvalue weighted by molar-refractivity contribution is 6.35. The van der Waals surface area contributed by atoms with E-state index in [0.29, 0.717) is 51.7 Å². The van der Waals surface area contributed by atoms with Crippen LogP contribution in [0.3, 0.4) is 0 Å². The van der Waals surface area contributed by atoms with Gasteiger partial charge in [-0.2, -0.15) is 0 Å². The second kappa shape index (κ2) is 10.7. The molecule has 9 heteroatoms. The molecule has 41 heavy (non-hydrogen) atoms. The number of halogens is 1. The van der Waals surface area contributed by atoms with E-state index in [0.717, 1.165) is 27.7 Å². The molecule has 0 fully saturated rings. The van der Waals surface area contributed by atoms with Crippen LogP contribution >= 0.6 is 11.6 Å². The van der Waals surface area contributed by atoms with Crippen LogP contribution < -0.4 is 5.73 Å². The van der Waals surface area contributed by atoms with Crippen molar-refractivity contribution in [1.29, 1.82) is 0 Å². The molecule has 0 spiro atoms. The summed E-state index contributed by atoms with van der Waals surface area (Å²) in [5.41, 5.74) is 11.0. The third kappa shape index (κ3) is 5.66. The maximum atomic E-state index is 10.3. The van der Waals surface area contributed by atoms with E-state index in [4.69, 9.17) is 31.7 Å². The molecule has 4 aromatic heterocycles. The minimum absolute atomic E-state index is 0.251. The van der Waals surface area contributed by atoms with Gasteiger partial charge in [-0.05, 0) is 44.2 Å². The lowest BCUT2D eigenvalue weighted by atomic mass is 10.0. The number of hydrogen-bond acceptors (Lipinski definition) is 8. The van der Waals surface area contributed by atoms with Crippen LogP contribution in [0.25, 0.3) is 33.4 Å². The Labute approximate surface area is 241 Å². The average Bonchev–Trinajstić information content (AvgIpc) is 3.40. The fraction of sp³-hybridized carbons (Fsp3) is 0.156. The fourth-order valence-corrected chi connectivity index (χ4v) is 4.92. The lowest BCUT2D eigenvalue weighted by molar-refractivity contribution is 0.0736. The zero-order valence-corrected chi connectivity index (χ0v) is 23.3. The Hall–Kier alpha value is -4.66. The van der Waals surface area contributed by atoms with Crippen molar-refractivity contribution >= 4 is 28.3 Å². The van der Waals surface area contributed by atoms with E-state index < -0.39 is 5.60 Å². The number of aromatic nitrogens is 5. The van der Waals surface area contributed by atoms with E-state index in [2.05, 4.69) is 15.0 Å². The van der Waals surface area contributed by atoms with Gasteiger partial charge in [-0.15, -0.1) is 0 Å². The molecule has 0 saturated carbocycles. The molecule has 204 valence electrons. The average molecular weight is 563 g/mol. The second-order valence-corrected chi connectivity index (χ2v) is 10.7. The number of rotatable bonds is 7. The Bertz CT molecular complexity index is 1860. The molecule has 6 rings (SSSR count). The first-order valence-electron chi connectivity index (χ1n) is 13.1. The molecule has 0 saturated heterocycles. The summed E-state index contributed by atoms with van der Waals surface area (Å²) in [7, 11) is 0. The summed E-state index contributed by atoms with van der Waals surface area (Å²) >= 11 is 6.64. The van der Waals surface area contributed by atoms with Crippen LogP contribution in [0, 0.1) is 0 Å². The topological polar surface area (TPSA) is 124 Å². The Kier molecular flexibility index (Phi) is 6.95. The third-order valence-corrected chi connectivity index (χ3v) is 6.98. The number of nitrogen functional groups attached to an aromatic ring is 1. The molecule has 0 bridgehead atoms. The molecular weight excluding hydrogens is 536 g/mol. The highest BCUT2D eigenvalue weighted by atomic mass is 35.5. The maximum Gasteiger partial charge on any atom is 0.200 e. The normalized spacial score (nSPS) is 11.7. The predicted octanol–water partition coefficient (Wildman–Crippen LogP) is 6.39. The van der Waals surface area contributed by atoms with Gasteiger partial charge in [0.1, 0.15) is 17.2 Å². The number of anilines is 1. The molecule has 0 atom stereocenters. The molecule has 0 aliphatic rings. The van der Waals surface area contributed by atoms with Gasteiger partial charge < -0.3 is 15.3 Å². The molecule has 3 N–H and O–H groups in total. The molecule has 2 aromatic carbocycles. The largest absolute Gasteiger partial charge is 0.445 e. The van der Waals surface area contributed by atoms with Gasteiger partial charge >= 0.3 is 0 Å². The maximum absolute atomic E-state index is 10.3. The van der Waals surface area contributed by atoms with Crippen LogP contribution in [0.15, 0.2) is 89.6 Å². The summed E-state index contributed by atoms with van der Waals surface area (Å²) in [6.07, 6.45) is 4.07. The molecule has 0 amide bonds. The summed E-state index contributed by atoms with van der Waals surface area (Å²) in [6.45, 7) is 3.41. The highest BCUT2D eigenvalue weighted by Crippen LogP contribution is 2.35. The third-order valence-electron chi connectivity index (χ3n) is 6.69. The van der Waals surface area contributed by atoms with E-state index in [9.17, 15) is 5.11 Å². The van der Waals surface area contributed by atoms with Crippen LogP contribution in [0.2, 0.25) is 5.02 Å². The van der Waals surface area contributed by atoms with Crippen LogP contribution in [0.5, 0.6) is 0 Å². The van der Waals surface area contributed by atoms with Crippen molar-refractivity contribution in [1.82, 2.24) is 24.9 Å². The smallest absolute Gasteiger partial charge is 0.200 e. The standard InChI is InChI=1S/C32H27ClN6O2/c1-32(2,40)26-12-6-11-22(37-26)16-23-18-36-27(41-23)17-25-31(34)39-29(19-8-4-3-5-9-19)30(38-25)21-14-20-10-7-13-35-28(20)24(33)15-21/h3-15,18,40H,16-17H2,1-2H3,(H2,34,39). The van der Waals surface area contributed by atoms with E-state index in [1.165, 1.54) is 0 Å². The minimum atomic E-state index is -1.03. The zero-order valence-electron chi connectivity index (χ0n) is 22.5. The van der Waals surface area contributed by atoms with Crippen molar-refractivity contribution in [2.24, 2.45) is 0 Å². The molecule has 6 aromatic rings. The van der Waals surface area contributed by atoms with Gasteiger partial charge in [-0.25, -0.2) is 15.0 Å². The molecule has 4 heterocycles. The SMILES string of the molecule is CC(C)(O)c1cccc(Cc2cnc(Cc3nc(-c4cc(Cl)c5ncccc5c4)c(-c4ccccc4)nc3N)o2)n1. The van der Waals surface area contributed by atoms with Gasteiger partial charge in [-0.3, -0.25) is 9.97 Å². The van der Waals surface area contributed by atoms with Crippen LogP contribution in [-0.4, -0.2) is 30.0 Å². The zero-order chi connectivity index (χ0) is 28.6. The minimum Gasteiger partial charge on any atom is -0.445 e. The Balaban J connectivity index is 1.36. The molecule has 0 unspecified atom stereocenters. The predicted molar refractivity (Wildman–Crippen MR) is 159 cm³/mol. The van der Waals surface area contributed by atoms with Crippen molar-refractivity contribution in [3.05, 3.63) is 119 Å². The summed E-state index contributed by atoms with van der Waals surface area (Å²) in [6, 6.07) is 23.0. The molecule has 0 aliphatic carbocycles. The first-order chi connectivity index (χ1) is 19.7. The number of nitrogens with zero attached hydrogens (tertiary/aromatic N) is 5. The van der Waals surface area contributed by atoms with Gasteiger partial charge in [0, 0.05) is 34.8 Å². The van der Waals surface area contributed by atoms with E-state index in [1.54, 1.807) is 32.3 Å². The van der Waals surface area contributed by atoms with E-state index >= 15 is 0 Å². The number of hydrogen-bond donors (Lipinski definition) is 2. The Morgan fingerprint density at radius 2 is 1.66 bits per heavy atom.